The van der Waals surface area contributed by atoms with Gasteiger partial charge >= 0.3 is 0 Å². The minimum Gasteiger partial charge on any atom is -0.497 e. The molecule has 0 saturated carbocycles. The van der Waals surface area contributed by atoms with Gasteiger partial charge in [-0.1, -0.05) is 26.0 Å². The predicted molar refractivity (Wildman–Crippen MR) is 128 cm³/mol. The third-order valence-electron chi connectivity index (χ3n) is 5.48. The third-order valence-corrected chi connectivity index (χ3v) is 8.25. The van der Waals surface area contributed by atoms with Crippen LogP contribution in [-0.2, 0) is 6.54 Å². The van der Waals surface area contributed by atoms with Gasteiger partial charge in [-0.05, 0) is 49.0 Å². The molecule has 0 unspecified atom stereocenters. The van der Waals surface area contributed by atoms with E-state index in [4.69, 9.17) is 10.5 Å². The van der Waals surface area contributed by atoms with Crippen LogP contribution in [0.25, 0.3) is 0 Å². The zero-order valence-corrected chi connectivity index (χ0v) is 19.9. The Bertz CT molecular complexity index is 848. The largest absolute Gasteiger partial charge is 0.497 e. The molecule has 2 heterocycles. The summed E-state index contributed by atoms with van der Waals surface area (Å²) in [5.41, 5.74) is 9.13. The van der Waals surface area contributed by atoms with Gasteiger partial charge in [0.2, 0.25) is 0 Å². The molecule has 8 heteroatoms. The van der Waals surface area contributed by atoms with Gasteiger partial charge in [0.25, 0.3) is 5.91 Å². The first kappa shape index (κ1) is 22.9. The molecule has 2 aromatic rings. The summed E-state index contributed by atoms with van der Waals surface area (Å²) in [6, 6.07) is 8.09. The average molecular weight is 449 g/mol. The van der Waals surface area contributed by atoms with Crippen molar-refractivity contribution in [1.82, 2.24) is 14.7 Å². The van der Waals surface area contributed by atoms with Crippen molar-refractivity contribution in [1.29, 1.82) is 0 Å². The molecule has 0 aliphatic carbocycles. The Morgan fingerprint density at radius 3 is 2.53 bits per heavy atom. The Hall–Kier alpha value is -1.80. The molecule has 3 rings (SSSR count). The number of methoxy groups -OCH3 is 1. The van der Waals surface area contributed by atoms with E-state index in [1.54, 1.807) is 7.11 Å². The molecule has 1 atom stereocenters. The smallest absolute Gasteiger partial charge is 0.276 e. The second kappa shape index (κ2) is 10.5. The fourth-order valence-corrected chi connectivity index (χ4v) is 6.71. The van der Waals surface area contributed by atoms with Crippen LogP contribution >= 0.6 is 23.5 Å². The van der Waals surface area contributed by atoms with Crippen LogP contribution in [0, 0.1) is 6.92 Å². The lowest BCUT2D eigenvalue weighted by Crippen LogP contribution is -2.41. The zero-order valence-electron chi connectivity index (χ0n) is 18.3. The predicted octanol–water partition coefficient (Wildman–Crippen LogP) is 4.27. The summed E-state index contributed by atoms with van der Waals surface area (Å²) >= 11 is 3.87. The number of ether oxygens (including phenoxy) is 1. The van der Waals surface area contributed by atoms with Gasteiger partial charge in [0, 0.05) is 6.54 Å². The van der Waals surface area contributed by atoms with E-state index in [-0.39, 0.29) is 11.9 Å². The summed E-state index contributed by atoms with van der Waals surface area (Å²) < 4.78 is 7.45. The van der Waals surface area contributed by atoms with Gasteiger partial charge in [-0.15, -0.1) is 23.5 Å². The molecule has 1 aromatic carbocycles. The Kier molecular flexibility index (Phi) is 7.99. The number of carbonyl (C=O) groups is 1. The SMILES string of the molecule is CCSC(SCC)[C@@H]1CCCN1C(=O)c1nn(Cc2ccc(OC)cc2)c(C)c1N. The van der Waals surface area contributed by atoms with Crippen molar-refractivity contribution in [2.75, 3.05) is 30.9 Å². The number of anilines is 1. The van der Waals surface area contributed by atoms with Crippen LogP contribution in [-0.4, -0.2) is 56.4 Å². The number of nitrogens with zero attached hydrogens (tertiary/aromatic N) is 3. The molecule has 0 spiro atoms. The number of benzene rings is 1. The fourth-order valence-electron chi connectivity index (χ4n) is 3.84. The molecule has 1 aliphatic rings. The minimum absolute atomic E-state index is 0.0370. The molecule has 6 nitrogen and oxygen atoms in total. The molecule has 2 N–H and O–H groups in total. The normalized spacial score (nSPS) is 16.4. The highest BCUT2D eigenvalue weighted by Crippen LogP contribution is 2.36. The van der Waals surface area contributed by atoms with Gasteiger partial charge < -0.3 is 15.4 Å². The molecule has 1 amide bonds. The molecule has 1 saturated heterocycles. The van der Waals surface area contributed by atoms with E-state index in [1.807, 2.05) is 64.3 Å². The number of carbonyl (C=O) groups excluding carboxylic acids is 1. The van der Waals surface area contributed by atoms with Crippen LogP contribution < -0.4 is 10.5 Å². The van der Waals surface area contributed by atoms with Crippen LogP contribution in [0.4, 0.5) is 5.69 Å². The summed E-state index contributed by atoms with van der Waals surface area (Å²) in [5, 5.41) is 4.63. The molecule has 0 bridgehead atoms. The quantitative estimate of drug-likeness (QED) is 0.578. The van der Waals surface area contributed by atoms with Gasteiger partial charge in [0.05, 0.1) is 35.7 Å². The lowest BCUT2D eigenvalue weighted by molar-refractivity contribution is 0.0740. The Morgan fingerprint density at radius 2 is 1.93 bits per heavy atom. The van der Waals surface area contributed by atoms with E-state index in [9.17, 15) is 4.79 Å². The number of aromatic nitrogens is 2. The van der Waals surface area contributed by atoms with Crippen LogP contribution in [0.15, 0.2) is 24.3 Å². The van der Waals surface area contributed by atoms with E-state index >= 15 is 0 Å². The van der Waals surface area contributed by atoms with E-state index in [0.717, 1.165) is 47.9 Å². The van der Waals surface area contributed by atoms with E-state index in [2.05, 4.69) is 18.9 Å². The summed E-state index contributed by atoms with van der Waals surface area (Å²) in [6.07, 6.45) is 2.08. The highest BCUT2D eigenvalue weighted by atomic mass is 32.2. The van der Waals surface area contributed by atoms with Crippen molar-refractivity contribution in [3.63, 3.8) is 0 Å². The van der Waals surface area contributed by atoms with Gasteiger partial charge in [-0.3, -0.25) is 9.48 Å². The molecule has 164 valence electrons. The monoisotopic (exact) mass is 448 g/mol. The van der Waals surface area contributed by atoms with Gasteiger partial charge in [0.1, 0.15) is 5.75 Å². The molecular weight excluding hydrogens is 416 g/mol. The number of nitrogen functional groups attached to an aromatic ring is 1. The lowest BCUT2D eigenvalue weighted by Gasteiger charge is -2.30. The summed E-state index contributed by atoms with van der Waals surface area (Å²) in [4.78, 5) is 15.4. The first-order valence-corrected chi connectivity index (χ1v) is 12.6. The summed E-state index contributed by atoms with van der Waals surface area (Å²) in [5.74, 6) is 2.88. The van der Waals surface area contributed by atoms with Crippen molar-refractivity contribution < 1.29 is 9.53 Å². The van der Waals surface area contributed by atoms with Crippen molar-refractivity contribution in [2.45, 2.75) is 50.8 Å². The number of amides is 1. The average Bonchev–Trinajstić information content (AvgIpc) is 3.34. The first-order chi connectivity index (χ1) is 14.5. The summed E-state index contributed by atoms with van der Waals surface area (Å²) in [6.45, 7) is 7.62. The number of hydrogen-bond donors (Lipinski definition) is 1. The maximum Gasteiger partial charge on any atom is 0.276 e. The van der Waals surface area contributed by atoms with Gasteiger partial charge in [-0.2, -0.15) is 5.10 Å². The number of hydrogen-bond acceptors (Lipinski definition) is 6. The highest BCUT2D eigenvalue weighted by molar-refractivity contribution is 8.17. The molecule has 1 fully saturated rings. The summed E-state index contributed by atoms with van der Waals surface area (Å²) in [7, 11) is 1.65. The molecule has 30 heavy (non-hydrogen) atoms. The topological polar surface area (TPSA) is 73.4 Å². The maximum absolute atomic E-state index is 13.4. The van der Waals surface area contributed by atoms with Crippen molar-refractivity contribution >= 4 is 35.1 Å². The minimum atomic E-state index is -0.0370. The number of thioether (sulfide) groups is 2. The van der Waals surface area contributed by atoms with E-state index < -0.39 is 0 Å². The lowest BCUT2D eigenvalue weighted by atomic mass is 10.2. The highest BCUT2D eigenvalue weighted by Gasteiger charge is 2.37. The number of likely N-dealkylation sites (tertiary alicyclic amines) is 1. The fraction of sp³-hybridized carbons (Fsp3) is 0.545. The van der Waals surface area contributed by atoms with Crippen LogP contribution in [0.3, 0.4) is 0 Å². The van der Waals surface area contributed by atoms with Gasteiger partial charge in [-0.25, -0.2) is 0 Å². The maximum atomic E-state index is 13.4. The molecule has 1 aromatic heterocycles. The van der Waals surface area contributed by atoms with Crippen LogP contribution in [0.2, 0.25) is 0 Å². The Labute approximate surface area is 187 Å². The number of nitrogens with two attached hydrogens (primary N) is 1. The van der Waals surface area contributed by atoms with Crippen molar-refractivity contribution in [3.8, 4) is 5.75 Å². The Morgan fingerprint density at radius 1 is 1.27 bits per heavy atom. The molecular formula is C22H32N4O2S2. The van der Waals surface area contributed by atoms with E-state index in [0.29, 0.717) is 22.5 Å². The van der Waals surface area contributed by atoms with E-state index in [1.165, 1.54) is 0 Å². The molecule has 0 radical (unpaired) electrons. The second-order valence-corrected chi connectivity index (χ2v) is 10.5. The van der Waals surface area contributed by atoms with Crippen molar-refractivity contribution in [2.24, 2.45) is 0 Å². The van der Waals surface area contributed by atoms with Crippen molar-refractivity contribution in [3.05, 3.63) is 41.2 Å². The number of rotatable bonds is 9. The molecule has 1 aliphatic heterocycles. The standard InChI is InChI=1S/C22H32N4O2S2/c1-5-29-22(30-6-2)18-8-7-13-25(18)21(27)20-19(23)15(3)26(24-20)14-16-9-11-17(28-4)12-10-16/h9-12,18,22H,5-8,13-14,23H2,1-4H3/t18-/m0/s1. The Balaban J connectivity index is 1.80. The third kappa shape index (κ3) is 4.91. The first-order valence-electron chi connectivity index (χ1n) is 10.5. The van der Waals surface area contributed by atoms with Crippen LogP contribution in [0.5, 0.6) is 5.75 Å². The van der Waals surface area contributed by atoms with Gasteiger partial charge in [0.15, 0.2) is 5.69 Å². The van der Waals surface area contributed by atoms with Crippen LogP contribution in [0.1, 0.15) is 48.4 Å². The second-order valence-electron chi connectivity index (χ2n) is 7.34. The zero-order chi connectivity index (χ0) is 21.7.